The molecule has 1 aliphatic rings. The molecule has 6 heteroatoms. The topological polar surface area (TPSA) is 75.7 Å². The van der Waals surface area contributed by atoms with Gasteiger partial charge in [0.2, 0.25) is 5.91 Å². The average Bonchev–Trinajstić information content (AvgIpc) is 3.08. The Morgan fingerprint density at radius 1 is 0.939 bits per heavy atom. The number of nitrogens with zero attached hydrogens (tertiary/aromatic N) is 1. The number of aryl methyl sites for hydroxylation is 1. The number of nitrogens with one attached hydrogen (secondary N) is 1. The lowest BCUT2D eigenvalue weighted by Crippen LogP contribution is -2.51. The van der Waals surface area contributed by atoms with Crippen LogP contribution in [0.4, 0.5) is 0 Å². The zero-order valence-corrected chi connectivity index (χ0v) is 18.9. The zero-order valence-electron chi connectivity index (χ0n) is 18.9. The summed E-state index contributed by atoms with van der Waals surface area (Å²) in [4.78, 5) is 40.9. The second kappa shape index (κ2) is 9.28. The first-order chi connectivity index (χ1) is 15.9. The Morgan fingerprint density at radius 3 is 2.15 bits per heavy atom. The third-order valence-electron chi connectivity index (χ3n) is 5.92. The molecule has 1 N–H and O–H groups in total. The van der Waals surface area contributed by atoms with Crippen molar-refractivity contribution < 1.29 is 19.1 Å². The normalized spacial score (nSPS) is 14.6. The van der Waals surface area contributed by atoms with E-state index in [2.05, 4.69) is 5.32 Å². The van der Waals surface area contributed by atoms with Gasteiger partial charge >= 0.3 is 0 Å². The number of ether oxygens (including phenoxy) is 1. The fourth-order valence-corrected chi connectivity index (χ4v) is 4.21. The first-order valence-corrected chi connectivity index (χ1v) is 10.9. The van der Waals surface area contributed by atoms with E-state index < -0.39 is 23.8 Å². The van der Waals surface area contributed by atoms with Crippen molar-refractivity contribution in [2.45, 2.75) is 32.4 Å². The molecule has 2 atom stereocenters. The summed E-state index contributed by atoms with van der Waals surface area (Å²) in [5.41, 5.74) is 3.36. The molecule has 0 fully saturated rings. The van der Waals surface area contributed by atoms with Crippen molar-refractivity contribution in [3.8, 4) is 5.75 Å². The van der Waals surface area contributed by atoms with Crippen LogP contribution in [0, 0.1) is 6.92 Å². The van der Waals surface area contributed by atoms with Crippen molar-refractivity contribution in [2.75, 3.05) is 7.11 Å². The van der Waals surface area contributed by atoms with E-state index in [1.54, 1.807) is 31.4 Å². The summed E-state index contributed by atoms with van der Waals surface area (Å²) in [7, 11) is 1.58. The van der Waals surface area contributed by atoms with Crippen LogP contribution in [0.25, 0.3) is 0 Å². The maximum Gasteiger partial charge on any atom is 0.262 e. The molecule has 0 aliphatic carbocycles. The van der Waals surface area contributed by atoms with Crippen molar-refractivity contribution in [1.82, 2.24) is 10.2 Å². The number of amides is 3. The molecule has 6 nitrogen and oxygen atoms in total. The van der Waals surface area contributed by atoms with Gasteiger partial charge in [-0.2, -0.15) is 0 Å². The van der Waals surface area contributed by atoms with Crippen molar-refractivity contribution in [3.63, 3.8) is 0 Å². The number of benzene rings is 3. The first-order valence-electron chi connectivity index (χ1n) is 10.9. The molecule has 0 aromatic heterocycles. The highest BCUT2D eigenvalue weighted by Crippen LogP contribution is 2.29. The van der Waals surface area contributed by atoms with Gasteiger partial charge in [0, 0.05) is 12.0 Å². The number of carbonyl (C=O) groups is 3. The van der Waals surface area contributed by atoms with Crippen LogP contribution in [0.5, 0.6) is 5.75 Å². The van der Waals surface area contributed by atoms with Crippen LogP contribution in [0.1, 0.15) is 50.4 Å². The summed E-state index contributed by atoms with van der Waals surface area (Å²) in [5, 5.41) is 3.00. The van der Waals surface area contributed by atoms with Gasteiger partial charge in [0.15, 0.2) is 0 Å². The van der Waals surface area contributed by atoms with Crippen LogP contribution in [-0.2, 0) is 11.2 Å². The maximum absolute atomic E-state index is 13.5. The summed E-state index contributed by atoms with van der Waals surface area (Å²) in [6.45, 7) is 3.83. The van der Waals surface area contributed by atoms with Gasteiger partial charge < -0.3 is 10.1 Å². The number of carbonyl (C=O) groups excluding carboxylic acids is 3. The van der Waals surface area contributed by atoms with Crippen LogP contribution in [0.2, 0.25) is 0 Å². The van der Waals surface area contributed by atoms with Crippen molar-refractivity contribution in [3.05, 3.63) is 101 Å². The number of rotatable bonds is 7. The van der Waals surface area contributed by atoms with Crippen LogP contribution < -0.4 is 10.1 Å². The molecule has 4 rings (SSSR count). The van der Waals surface area contributed by atoms with Gasteiger partial charge in [-0.15, -0.1) is 0 Å². The fourth-order valence-electron chi connectivity index (χ4n) is 4.21. The highest BCUT2D eigenvalue weighted by atomic mass is 16.5. The minimum absolute atomic E-state index is 0.218. The Bertz CT molecular complexity index is 1170. The first kappa shape index (κ1) is 22.3. The van der Waals surface area contributed by atoms with E-state index in [1.165, 1.54) is 0 Å². The minimum Gasteiger partial charge on any atom is -0.496 e. The average molecular weight is 443 g/mol. The molecular formula is C27H26N2O4. The van der Waals surface area contributed by atoms with E-state index in [1.807, 2.05) is 62.4 Å². The smallest absolute Gasteiger partial charge is 0.262 e. The fraction of sp³-hybridized carbons (Fsp3) is 0.222. The lowest BCUT2D eigenvalue weighted by molar-refractivity contribution is -0.125. The minimum atomic E-state index is -0.988. The number of hydrogen-bond acceptors (Lipinski definition) is 4. The number of hydrogen-bond donors (Lipinski definition) is 1. The molecule has 168 valence electrons. The van der Waals surface area contributed by atoms with Gasteiger partial charge in [0.05, 0.1) is 24.3 Å². The Balaban J connectivity index is 1.66. The van der Waals surface area contributed by atoms with Gasteiger partial charge in [0.25, 0.3) is 11.8 Å². The van der Waals surface area contributed by atoms with E-state index in [4.69, 9.17) is 4.74 Å². The summed E-state index contributed by atoms with van der Waals surface area (Å²) < 4.78 is 5.47. The van der Waals surface area contributed by atoms with Crippen molar-refractivity contribution >= 4 is 17.7 Å². The van der Waals surface area contributed by atoms with Gasteiger partial charge in [-0.3, -0.25) is 19.3 Å². The Hall–Kier alpha value is -3.93. The summed E-state index contributed by atoms with van der Waals surface area (Å²) >= 11 is 0. The van der Waals surface area contributed by atoms with E-state index in [-0.39, 0.29) is 12.5 Å². The zero-order chi connectivity index (χ0) is 23.5. The Labute approximate surface area is 193 Å². The van der Waals surface area contributed by atoms with Crippen molar-refractivity contribution in [1.29, 1.82) is 0 Å². The molecule has 33 heavy (non-hydrogen) atoms. The summed E-state index contributed by atoms with van der Waals surface area (Å²) in [6, 6.07) is 20.4. The van der Waals surface area contributed by atoms with Gasteiger partial charge in [-0.25, -0.2) is 0 Å². The van der Waals surface area contributed by atoms with Crippen LogP contribution in [0.3, 0.4) is 0 Å². The Morgan fingerprint density at radius 2 is 1.55 bits per heavy atom. The maximum atomic E-state index is 13.5. The molecule has 0 radical (unpaired) electrons. The lowest BCUT2D eigenvalue weighted by atomic mass is 10.0. The molecule has 0 saturated heterocycles. The standard InChI is InChI=1S/C27H26N2O4/c1-17-13-14-24(33-3)22(15-17)18(2)28-25(30)23(16-19-9-5-4-6-10-19)29-26(31)20-11-7-8-12-21(20)27(29)32/h4-15,18,23H,16H2,1-3H3,(H,28,30). The van der Waals surface area contributed by atoms with E-state index >= 15 is 0 Å². The molecule has 0 spiro atoms. The molecule has 0 bridgehead atoms. The molecule has 3 aromatic rings. The quantitative estimate of drug-likeness (QED) is 0.560. The lowest BCUT2D eigenvalue weighted by Gasteiger charge is -2.27. The predicted octanol–water partition coefficient (Wildman–Crippen LogP) is 4.09. The number of methoxy groups -OCH3 is 1. The molecule has 0 saturated carbocycles. The second-order valence-corrected chi connectivity index (χ2v) is 8.21. The molecule has 3 aromatic carbocycles. The van der Waals surface area contributed by atoms with Gasteiger partial charge in [0.1, 0.15) is 11.8 Å². The Kier molecular flexibility index (Phi) is 6.27. The van der Waals surface area contributed by atoms with E-state index in [0.717, 1.165) is 21.6 Å². The molecule has 1 heterocycles. The van der Waals surface area contributed by atoms with Crippen LogP contribution in [0.15, 0.2) is 72.8 Å². The third-order valence-corrected chi connectivity index (χ3v) is 5.92. The van der Waals surface area contributed by atoms with E-state index in [0.29, 0.717) is 16.9 Å². The highest BCUT2D eigenvalue weighted by molar-refractivity contribution is 6.22. The van der Waals surface area contributed by atoms with Crippen molar-refractivity contribution in [2.24, 2.45) is 0 Å². The monoisotopic (exact) mass is 442 g/mol. The van der Waals surface area contributed by atoms with Crippen LogP contribution in [-0.4, -0.2) is 35.8 Å². The number of imide groups is 1. The molecule has 1 aliphatic heterocycles. The molecule has 3 amide bonds. The van der Waals surface area contributed by atoms with Gasteiger partial charge in [-0.1, -0.05) is 60.2 Å². The summed E-state index contributed by atoms with van der Waals surface area (Å²) in [5.74, 6) is -0.641. The second-order valence-electron chi connectivity index (χ2n) is 8.21. The summed E-state index contributed by atoms with van der Waals surface area (Å²) in [6.07, 6.45) is 0.218. The largest absolute Gasteiger partial charge is 0.496 e. The molecule has 2 unspecified atom stereocenters. The predicted molar refractivity (Wildman–Crippen MR) is 125 cm³/mol. The van der Waals surface area contributed by atoms with Crippen LogP contribution >= 0.6 is 0 Å². The number of fused-ring (bicyclic) bond motifs is 1. The molecular weight excluding hydrogens is 416 g/mol. The highest BCUT2D eigenvalue weighted by Gasteiger charge is 2.42. The van der Waals surface area contributed by atoms with Gasteiger partial charge in [-0.05, 0) is 37.6 Å². The van der Waals surface area contributed by atoms with E-state index in [9.17, 15) is 14.4 Å². The SMILES string of the molecule is COc1ccc(C)cc1C(C)NC(=O)C(Cc1ccccc1)N1C(=O)c2ccccc2C1=O. The third kappa shape index (κ3) is 4.37.